The molecular formula is C5H14N2O2. The number of aliphatic hydroxyl groups is 2. The fourth-order valence-corrected chi connectivity index (χ4v) is 0.498. The lowest BCUT2D eigenvalue weighted by atomic mass is 10.3. The topological polar surface area (TPSA) is 64.5 Å². The van der Waals surface area contributed by atoms with E-state index in [1.54, 1.807) is 7.05 Å². The van der Waals surface area contributed by atoms with Crippen LogP contribution >= 0.6 is 0 Å². The van der Waals surface area contributed by atoms with Crippen molar-refractivity contribution in [3.05, 3.63) is 0 Å². The number of rotatable bonds is 5. The highest BCUT2D eigenvalue weighted by atomic mass is 16.5. The molecule has 0 rings (SSSR count). The van der Waals surface area contributed by atoms with Crippen LogP contribution in [0.25, 0.3) is 0 Å². The second-order valence-electron chi connectivity index (χ2n) is 1.80. The predicted octanol–water partition coefficient (Wildman–Crippen LogP) is -1.20. The number of hydrogen-bond acceptors (Lipinski definition) is 4. The van der Waals surface area contributed by atoms with Crippen LogP contribution in [-0.2, 0) is 0 Å². The van der Waals surface area contributed by atoms with Crippen molar-refractivity contribution in [3.63, 3.8) is 0 Å². The summed E-state index contributed by atoms with van der Waals surface area (Å²) < 4.78 is 0. The van der Waals surface area contributed by atoms with E-state index in [-0.39, 0.29) is 0 Å². The fourth-order valence-electron chi connectivity index (χ4n) is 0.498. The summed E-state index contributed by atoms with van der Waals surface area (Å²) in [6.45, 7) is 0.758. The van der Waals surface area contributed by atoms with Gasteiger partial charge in [-0.05, 0) is 19.9 Å². The number of aliphatic hydroxyl groups excluding tert-OH is 1. The first-order chi connectivity index (χ1) is 4.27. The van der Waals surface area contributed by atoms with E-state index in [9.17, 15) is 0 Å². The zero-order chi connectivity index (χ0) is 7.11. The molecule has 0 aliphatic heterocycles. The summed E-state index contributed by atoms with van der Waals surface area (Å²) in [6.07, 6.45) is 0.0244. The second kappa shape index (κ2) is 5.97. The molecule has 9 heavy (non-hydrogen) atoms. The van der Waals surface area contributed by atoms with Gasteiger partial charge >= 0.3 is 0 Å². The molecule has 0 aromatic rings. The third-order valence-corrected chi connectivity index (χ3v) is 0.941. The van der Waals surface area contributed by atoms with Gasteiger partial charge < -0.3 is 10.2 Å². The Bertz CT molecular complexity index is 58.9. The van der Waals surface area contributed by atoms with Gasteiger partial charge in [-0.15, -0.1) is 0 Å². The minimum Gasteiger partial charge on any atom is -0.368 e. The Morgan fingerprint density at radius 2 is 2.11 bits per heavy atom. The van der Waals surface area contributed by atoms with E-state index in [4.69, 9.17) is 10.2 Å². The van der Waals surface area contributed by atoms with E-state index in [0.29, 0.717) is 6.42 Å². The van der Waals surface area contributed by atoms with Crippen LogP contribution in [-0.4, -0.2) is 30.1 Å². The van der Waals surface area contributed by atoms with E-state index >= 15 is 0 Å². The van der Waals surface area contributed by atoms with Crippen LogP contribution in [0.2, 0.25) is 0 Å². The first-order valence-corrected chi connectivity index (χ1v) is 3.03. The molecule has 0 saturated heterocycles. The van der Waals surface area contributed by atoms with Crippen molar-refractivity contribution in [1.82, 2.24) is 10.9 Å². The zero-order valence-corrected chi connectivity index (χ0v) is 5.59. The Kier molecular flexibility index (Phi) is 5.86. The summed E-state index contributed by atoms with van der Waals surface area (Å²) in [5.41, 5.74) is 5.56. The summed E-state index contributed by atoms with van der Waals surface area (Å²) in [7, 11) is 1.77. The fraction of sp³-hybridized carbons (Fsp3) is 1.00. The molecule has 0 atom stereocenters. The number of hydrogen-bond donors (Lipinski definition) is 4. The monoisotopic (exact) mass is 134 g/mol. The smallest absolute Gasteiger partial charge is 0.151 e. The Balaban J connectivity index is 2.75. The molecule has 4 heteroatoms. The summed E-state index contributed by atoms with van der Waals surface area (Å²) in [5, 5.41) is 16.7. The van der Waals surface area contributed by atoms with Crippen molar-refractivity contribution in [3.8, 4) is 0 Å². The summed E-state index contributed by atoms with van der Waals surface area (Å²) in [6, 6.07) is 0. The van der Waals surface area contributed by atoms with Crippen LogP contribution in [0.5, 0.6) is 0 Å². The molecule has 56 valence electrons. The third kappa shape index (κ3) is 7.84. The Labute approximate surface area is 54.9 Å². The van der Waals surface area contributed by atoms with Crippen LogP contribution in [0.4, 0.5) is 0 Å². The molecule has 0 aromatic carbocycles. The predicted molar refractivity (Wildman–Crippen MR) is 34.5 cm³/mol. The van der Waals surface area contributed by atoms with E-state index in [1.807, 2.05) is 0 Å². The maximum absolute atomic E-state index is 8.36. The first-order valence-electron chi connectivity index (χ1n) is 3.03. The second-order valence-corrected chi connectivity index (χ2v) is 1.80. The minimum atomic E-state index is -1.16. The Morgan fingerprint density at radius 1 is 1.44 bits per heavy atom. The van der Waals surface area contributed by atoms with Gasteiger partial charge in [0.25, 0.3) is 0 Å². The van der Waals surface area contributed by atoms with Gasteiger partial charge in [-0.2, -0.15) is 0 Å². The molecule has 0 radical (unpaired) electrons. The van der Waals surface area contributed by atoms with Gasteiger partial charge in [-0.25, -0.2) is 0 Å². The average molecular weight is 134 g/mol. The molecule has 4 N–H and O–H groups in total. The Morgan fingerprint density at radius 3 is 2.56 bits per heavy atom. The molecule has 4 nitrogen and oxygen atoms in total. The number of hydrazine groups is 1. The molecule has 0 bridgehead atoms. The van der Waals surface area contributed by atoms with Gasteiger partial charge in [0.2, 0.25) is 0 Å². The van der Waals surface area contributed by atoms with Crippen molar-refractivity contribution < 1.29 is 10.2 Å². The highest BCUT2D eigenvalue weighted by Gasteiger charge is 1.94. The number of nitrogens with one attached hydrogen (secondary N) is 2. The van der Waals surface area contributed by atoms with Crippen molar-refractivity contribution in [2.75, 3.05) is 13.6 Å². The molecule has 0 unspecified atom stereocenters. The van der Waals surface area contributed by atoms with Gasteiger partial charge in [0.15, 0.2) is 6.29 Å². The van der Waals surface area contributed by atoms with Crippen LogP contribution in [0, 0.1) is 0 Å². The maximum atomic E-state index is 8.36. The third-order valence-electron chi connectivity index (χ3n) is 0.941. The SMILES string of the molecule is CNNCCCC(O)O. The normalized spacial score (nSPS) is 10.7. The molecule has 0 amide bonds. The summed E-state index contributed by atoms with van der Waals surface area (Å²) in [5.74, 6) is 0. The van der Waals surface area contributed by atoms with Crippen molar-refractivity contribution in [2.24, 2.45) is 0 Å². The van der Waals surface area contributed by atoms with Gasteiger partial charge in [0.05, 0.1) is 0 Å². The van der Waals surface area contributed by atoms with Crippen LogP contribution in [0.3, 0.4) is 0 Å². The van der Waals surface area contributed by atoms with Gasteiger partial charge in [0, 0.05) is 6.54 Å². The summed E-state index contributed by atoms with van der Waals surface area (Å²) in [4.78, 5) is 0. The molecule has 0 spiro atoms. The van der Waals surface area contributed by atoms with E-state index in [1.165, 1.54) is 0 Å². The molecule has 0 fully saturated rings. The zero-order valence-electron chi connectivity index (χ0n) is 5.59. The molecule has 0 saturated carbocycles. The van der Waals surface area contributed by atoms with Gasteiger partial charge in [-0.1, -0.05) is 0 Å². The van der Waals surface area contributed by atoms with Crippen molar-refractivity contribution in [2.45, 2.75) is 19.1 Å². The van der Waals surface area contributed by atoms with E-state index in [0.717, 1.165) is 13.0 Å². The van der Waals surface area contributed by atoms with Crippen molar-refractivity contribution in [1.29, 1.82) is 0 Å². The molecular weight excluding hydrogens is 120 g/mol. The maximum Gasteiger partial charge on any atom is 0.151 e. The lowest BCUT2D eigenvalue weighted by Gasteiger charge is -2.02. The lowest BCUT2D eigenvalue weighted by molar-refractivity contribution is -0.0461. The van der Waals surface area contributed by atoms with Gasteiger partial charge in [0.1, 0.15) is 0 Å². The molecule has 0 aliphatic rings. The van der Waals surface area contributed by atoms with Crippen molar-refractivity contribution >= 4 is 0 Å². The van der Waals surface area contributed by atoms with E-state index in [2.05, 4.69) is 10.9 Å². The van der Waals surface area contributed by atoms with E-state index < -0.39 is 6.29 Å². The highest BCUT2D eigenvalue weighted by molar-refractivity contribution is 4.42. The van der Waals surface area contributed by atoms with Gasteiger partial charge in [-0.3, -0.25) is 10.9 Å². The quantitative estimate of drug-likeness (QED) is 0.217. The largest absolute Gasteiger partial charge is 0.368 e. The minimum absolute atomic E-state index is 0.425. The molecule has 0 heterocycles. The average Bonchev–Trinajstić information content (AvgIpc) is 1.80. The highest BCUT2D eigenvalue weighted by Crippen LogP contribution is 1.89. The molecule has 0 aliphatic carbocycles. The Hall–Kier alpha value is -0.160. The first kappa shape index (κ1) is 8.84. The van der Waals surface area contributed by atoms with Crippen LogP contribution in [0.1, 0.15) is 12.8 Å². The lowest BCUT2D eigenvalue weighted by Crippen LogP contribution is -2.28. The van der Waals surface area contributed by atoms with Crippen LogP contribution < -0.4 is 10.9 Å². The molecule has 0 aromatic heterocycles. The van der Waals surface area contributed by atoms with Crippen LogP contribution in [0.15, 0.2) is 0 Å². The standard InChI is InChI=1S/C5H14N2O2/c1-6-7-4-2-3-5(8)9/h5-9H,2-4H2,1H3. The summed E-state index contributed by atoms with van der Waals surface area (Å²) >= 11 is 0.